The molecule has 0 saturated carbocycles. The van der Waals surface area contributed by atoms with Gasteiger partial charge in [0.05, 0.1) is 11.0 Å². The Bertz CT molecular complexity index is 789. The summed E-state index contributed by atoms with van der Waals surface area (Å²) in [5.41, 5.74) is 2.88. The second kappa shape index (κ2) is 10.1. The summed E-state index contributed by atoms with van der Waals surface area (Å²) in [7, 11) is -3.74. The van der Waals surface area contributed by atoms with Crippen LogP contribution >= 0.6 is 0 Å². The van der Waals surface area contributed by atoms with Crippen LogP contribution in [0.2, 0.25) is 0 Å². The lowest BCUT2D eigenvalue weighted by molar-refractivity contribution is 0.111. The molecule has 2 N–H and O–H groups in total. The van der Waals surface area contributed by atoms with Gasteiger partial charge >= 0.3 is 0 Å². The minimum atomic E-state index is -3.74. The second-order valence-electron chi connectivity index (χ2n) is 10.1. The fourth-order valence-electron chi connectivity index (χ4n) is 4.45. The third-order valence-corrected chi connectivity index (χ3v) is 7.77. The molecule has 172 valence electrons. The van der Waals surface area contributed by atoms with E-state index in [1.54, 1.807) is 0 Å². The first-order chi connectivity index (χ1) is 13.8. The smallest absolute Gasteiger partial charge is 0.241 e. The van der Waals surface area contributed by atoms with Crippen LogP contribution < -0.4 is 4.72 Å². The Morgan fingerprint density at radius 1 is 1.03 bits per heavy atom. The Morgan fingerprint density at radius 2 is 1.57 bits per heavy atom. The van der Waals surface area contributed by atoms with Gasteiger partial charge < -0.3 is 5.11 Å². The zero-order valence-electron chi connectivity index (χ0n) is 20.1. The van der Waals surface area contributed by atoms with E-state index in [2.05, 4.69) is 37.3 Å². The van der Waals surface area contributed by atoms with Gasteiger partial charge in [-0.1, -0.05) is 60.6 Å². The summed E-state index contributed by atoms with van der Waals surface area (Å²) in [6.07, 6.45) is 0.392. The van der Waals surface area contributed by atoms with Crippen molar-refractivity contribution in [2.75, 3.05) is 19.6 Å². The lowest BCUT2D eigenvalue weighted by atomic mass is 9.89. The molecule has 0 bridgehead atoms. The second-order valence-corrected chi connectivity index (χ2v) is 11.8. The van der Waals surface area contributed by atoms with Gasteiger partial charge in [-0.2, -0.15) is 0 Å². The topological polar surface area (TPSA) is 69.6 Å². The third-order valence-electron chi connectivity index (χ3n) is 6.22. The molecule has 1 saturated heterocycles. The van der Waals surface area contributed by atoms with Crippen LogP contribution in [0, 0.1) is 5.92 Å². The van der Waals surface area contributed by atoms with Gasteiger partial charge in [0, 0.05) is 25.7 Å². The normalized spacial score (nSPS) is 21.9. The van der Waals surface area contributed by atoms with E-state index in [-0.39, 0.29) is 18.4 Å². The van der Waals surface area contributed by atoms with Crippen molar-refractivity contribution in [3.05, 3.63) is 28.8 Å². The molecule has 0 amide bonds. The summed E-state index contributed by atoms with van der Waals surface area (Å²) in [5.74, 6) is 1.12. The first-order valence-corrected chi connectivity index (χ1v) is 12.9. The van der Waals surface area contributed by atoms with Crippen molar-refractivity contribution in [3.8, 4) is 0 Å². The molecule has 1 aromatic carbocycles. The summed E-state index contributed by atoms with van der Waals surface area (Å²) >= 11 is 0. The number of hydrogen-bond donors (Lipinski definition) is 2. The van der Waals surface area contributed by atoms with E-state index in [1.807, 2.05) is 39.8 Å². The number of rotatable bonds is 9. The van der Waals surface area contributed by atoms with E-state index < -0.39 is 16.1 Å². The van der Waals surface area contributed by atoms with Crippen LogP contribution in [-0.2, 0) is 10.0 Å². The molecular weight excluding hydrogens is 396 g/mol. The molecule has 1 heterocycles. The highest BCUT2D eigenvalue weighted by Crippen LogP contribution is 2.35. The third kappa shape index (κ3) is 6.06. The average Bonchev–Trinajstić information content (AvgIpc) is 2.95. The Hall–Kier alpha value is -0.950. The maximum absolute atomic E-state index is 13.4. The molecule has 1 aromatic rings. The number of sulfonamides is 1. The van der Waals surface area contributed by atoms with E-state index in [0.29, 0.717) is 29.3 Å². The molecule has 5 nitrogen and oxygen atoms in total. The Balaban J connectivity index is 2.27. The van der Waals surface area contributed by atoms with Gasteiger partial charge in [0.25, 0.3) is 0 Å². The zero-order chi connectivity index (χ0) is 22.8. The van der Waals surface area contributed by atoms with Crippen molar-refractivity contribution in [1.82, 2.24) is 9.62 Å². The number of aliphatic hydroxyl groups excluding tert-OH is 1. The molecule has 0 radical (unpaired) electrons. The number of aliphatic hydroxyl groups is 1. The largest absolute Gasteiger partial charge is 0.390 e. The van der Waals surface area contributed by atoms with Gasteiger partial charge in [0.2, 0.25) is 10.0 Å². The summed E-state index contributed by atoms with van der Waals surface area (Å²) in [6.45, 7) is 18.3. The number of hydrogen-bond acceptors (Lipinski definition) is 4. The van der Waals surface area contributed by atoms with E-state index >= 15 is 0 Å². The van der Waals surface area contributed by atoms with Gasteiger partial charge in [-0.05, 0) is 53.7 Å². The van der Waals surface area contributed by atoms with Gasteiger partial charge in [-0.3, -0.25) is 4.90 Å². The van der Waals surface area contributed by atoms with Crippen LogP contribution in [0.4, 0.5) is 0 Å². The zero-order valence-corrected chi connectivity index (χ0v) is 20.9. The lowest BCUT2D eigenvalue weighted by Crippen LogP contribution is -2.41. The Morgan fingerprint density at radius 3 is 1.97 bits per heavy atom. The molecule has 0 spiro atoms. The predicted molar refractivity (Wildman–Crippen MR) is 125 cm³/mol. The van der Waals surface area contributed by atoms with Gasteiger partial charge in [-0.25, -0.2) is 13.1 Å². The molecule has 6 heteroatoms. The summed E-state index contributed by atoms with van der Waals surface area (Å²) in [5, 5.41) is 10.5. The van der Waals surface area contributed by atoms with Crippen molar-refractivity contribution in [2.45, 2.75) is 96.6 Å². The molecule has 1 aliphatic rings. The number of nitrogens with one attached hydrogen (secondary N) is 1. The van der Waals surface area contributed by atoms with E-state index in [9.17, 15) is 13.5 Å². The van der Waals surface area contributed by atoms with E-state index in [0.717, 1.165) is 24.1 Å². The first kappa shape index (κ1) is 25.3. The average molecular weight is 439 g/mol. The molecule has 0 aliphatic carbocycles. The predicted octanol–water partition coefficient (Wildman–Crippen LogP) is 4.43. The van der Waals surface area contributed by atoms with Crippen LogP contribution in [0.25, 0.3) is 0 Å². The molecule has 30 heavy (non-hydrogen) atoms. The fraction of sp³-hybridized carbons (Fsp3) is 0.750. The minimum Gasteiger partial charge on any atom is -0.390 e. The Labute approximate surface area is 184 Å². The van der Waals surface area contributed by atoms with Crippen molar-refractivity contribution in [1.29, 1.82) is 0 Å². The van der Waals surface area contributed by atoms with E-state index in [4.69, 9.17) is 0 Å². The summed E-state index contributed by atoms with van der Waals surface area (Å²) < 4.78 is 29.5. The summed E-state index contributed by atoms with van der Waals surface area (Å²) in [6, 6.07) is 4.51. The highest BCUT2D eigenvalue weighted by atomic mass is 32.2. The highest BCUT2D eigenvalue weighted by molar-refractivity contribution is 7.89. The highest BCUT2D eigenvalue weighted by Gasteiger charge is 2.30. The minimum absolute atomic E-state index is 0.0287. The quantitative estimate of drug-likeness (QED) is 0.598. The monoisotopic (exact) mass is 438 g/mol. The van der Waals surface area contributed by atoms with Crippen molar-refractivity contribution in [3.63, 3.8) is 0 Å². The van der Waals surface area contributed by atoms with Crippen LogP contribution in [0.3, 0.4) is 0 Å². The molecule has 2 rings (SSSR count). The van der Waals surface area contributed by atoms with Gasteiger partial charge in [-0.15, -0.1) is 0 Å². The summed E-state index contributed by atoms with van der Waals surface area (Å²) in [4.78, 5) is 2.65. The molecule has 1 aliphatic heterocycles. The maximum Gasteiger partial charge on any atom is 0.241 e. The van der Waals surface area contributed by atoms with Gasteiger partial charge in [0.1, 0.15) is 0 Å². The fourth-order valence-corrected chi connectivity index (χ4v) is 6.22. The van der Waals surface area contributed by atoms with Crippen molar-refractivity contribution >= 4 is 10.0 Å². The maximum atomic E-state index is 13.4. The molecule has 3 atom stereocenters. The molecule has 1 fully saturated rings. The standard InChI is InChI=1S/C24H42N2O3S/c1-15(2)20-10-22(16(3)4)24(23(11-20)17(5)6)30(28,29)25-12-21(27)14-26-13-18(7)9-19(26)8/h10-11,15-19,21,25,27H,9,12-14H2,1-8H3/t18?,19?,21-/m1/s1. The van der Waals surface area contributed by atoms with Gasteiger partial charge in [0.15, 0.2) is 0 Å². The van der Waals surface area contributed by atoms with Crippen LogP contribution in [0.15, 0.2) is 17.0 Å². The Kier molecular flexibility index (Phi) is 8.53. The number of likely N-dealkylation sites (tertiary alicyclic amines) is 1. The molecule has 2 unspecified atom stereocenters. The van der Waals surface area contributed by atoms with Crippen molar-refractivity contribution in [2.24, 2.45) is 5.92 Å². The molecular formula is C24H42N2O3S. The van der Waals surface area contributed by atoms with Crippen LogP contribution in [0.1, 0.15) is 96.3 Å². The number of β-amino-alcohol motifs (C(OH)–C–C–N with tert-alkyl or cyclic N) is 1. The van der Waals surface area contributed by atoms with Crippen molar-refractivity contribution < 1.29 is 13.5 Å². The number of nitrogens with zero attached hydrogens (tertiary/aromatic N) is 1. The number of benzene rings is 1. The molecule has 0 aromatic heterocycles. The first-order valence-electron chi connectivity index (χ1n) is 11.4. The van der Waals surface area contributed by atoms with Crippen LogP contribution in [-0.4, -0.2) is 50.2 Å². The SMILES string of the molecule is CC1CC(C)N(C[C@H](O)CNS(=O)(=O)c2c(C(C)C)cc(C(C)C)cc2C(C)C)C1. The van der Waals surface area contributed by atoms with E-state index in [1.165, 1.54) is 5.56 Å². The van der Waals surface area contributed by atoms with Crippen LogP contribution in [0.5, 0.6) is 0 Å². The lowest BCUT2D eigenvalue weighted by Gasteiger charge is -2.25.